The van der Waals surface area contributed by atoms with Gasteiger partial charge >= 0.3 is 0 Å². The van der Waals surface area contributed by atoms with Gasteiger partial charge in [0.1, 0.15) is 0 Å². The Labute approximate surface area is 113 Å². The molecule has 0 saturated heterocycles. The number of carbonyl (C=O) groups excluding carboxylic acids is 1. The van der Waals surface area contributed by atoms with Crippen LogP contribution >= 0.6 is 11.3 Å². The monoisotopic (exact) mass is 269 g/mol. The summed E-state index contributed by atoms with van der Waals surface area (Å²) in [5.41, 5.74) is 0. The van der Waals surface area contributed by atoms with Gasteiger partial charge in [-0.3, -0.25) is 9.69 Å². The SMILES string of the molecule is CCc1ncc(CN(C)[C@H](C)C(=O)NC(C)C)s1. The lowest BCUT2D eigenvalue weighted by Crippen LogP contribution is -2.45. The van der Waals surface area contributed by atoms with Gasteiger partial charge in [-0.15, -0.1) is 11.3 Å². The van der Waals surface area contributed by atoms with Crippen LogP contribution in [0.3, 0.4) is 0 Å². The summed E-state index contributed by atoms with van der Waals surface area (Å²) < 4.78 is 0. The molecule has 102 valence electrons. The van der Waals surface area contributed by atoms with Gasteiger partial charge in [-0.2, -0.15) is 0 Å². The Bertz CT molecular complexity index is 389. The van der Waals surface area contributed by atoms with Crippen LogP contribution in [0.4, 0.5) is 0 Å². The predicted molar refractivity (Wildman–Crippen MR) is 75.7 cm³/mol. The quantitative estimate of drug-likeness (QED) is 0.859. The topological polar surface area (TPSA) is 45.2 Å². The standard InChI is InChI=1S/C13H23N3OS/c1-6-12-14-7-11(18-12)8-16(5)10(4)13(17)15-9(2)3/h7,9-10H,6,8H2,1-5H3,(H,15,17)/t10-/m1/s1. The van der Waals surface area contributed by atoms with E-state index in [2.05, 4.69) is 17.2 Å². The Morgan fingerprint density at radius 2 is 2.17 bits per heavy atom. The average Bonchev–Trinajstić information content (AvgIpc) is 2.74. The highest BCUT2D eigenvalue weighted by Crippen LogP contribution is 2.16. The van der Waals surface area contributed by atoms with Crippen molar-refractivity contribution in [3.05, 3.63) is 16.1 Å². The summed E-state index contributed by atoms with van der Waals surface area (Å²) in [5, 5.41) is 4.08. The van der Waals surface area contributed by atoms with Gasteiger partial charge in [0.2, 0.25) is 5.91 Å². The summed E-state index contributed by atoms with van der Waals surface area (Å²) in [5.74, 6) is 0.0766. The zero-order valence-electron chi connectivity index (χ0n) is 11.9. The van der Waals surface area contributed by atoms with Crippen LogP contribution in [0, 0.1) is 0 Å². The molecule has 0 fully saturated rings. The number of amides is 1. The van der Waals surface area contributed by atoms with Crippen LogP contribution in [-0.2, 0) is 17.8 Å². The molecule has 0 aliphatic heterocycles. The van der Waals surface area contributed by atoms with Crippen molar-refractivity contribution in [1.29, 1.82) is 0 Å². The van der Waals surface area contributed by atoms with Crippen molar-refractivity contribution in [3.8, 4) is 0 Å². The molecule has 1 amide bonds. The third-order valence-corrected chi connectivity index (χ3v) is 3.91. The lowest BCUT2D eigenvalue weighted by molar-refractivity contribution is -0.126. The first-order valence-corrected chi connectivity index (χ1v) is 7.19. The Morgan fingerprint density at radius 1 is 1.50 bits per heavy atom. The highest BCUT2D eigenvalue weighted by atomic mass is 32.1. The van der Waals surface area contributed by atoms with Gasteiger partial charge in [0.15, 0.2) is 0 Å². The fourth-order valence-electron chi connectivity index (χ4n) is 1.57. The fourth-order valence-corrected chi connectivity index (χ4v) is 2.50. The minimum Gasteiger partial charge on any atom is -0.353 e. The molecule has 0 aromatic carbocycles. The lowest BCUT2D eigenvalue weighted by Gasteiger charge is -2.24. The van der Waals surface area contributed by atoms with Gasteiger partial charge in [-0.05, 0) is 34.2 Å². The van der Waals surface area contributed by atoms with E-state index in [0.29, 0.717) is 0 Å². The maximum absolute atomic E-state index is 11.9. The minimum absolute atomic E-state index is 0.0766. The van der Waals surface area contributed by atoms with E-state index < -0.39 is 0 Å². The molecule has 0 aliphatic rings. The number of hydrogen-bond donors (Lipinski definition) is 1. The second-order valence-corrected chi connectivity index (χ2v) is 6.03. The molecular formula is C13H23N3OS. The van der Waals surface area contributed by atoms with E-state index in [0.717, 1.165) is 18.0 Å². The largest absolute Gasteiger partial charge is 0.353 e. The Morgan fingerprint density at radius 3 is 2.67 bits per heavy atom. The molecule has 0 bridgehead atoms. The van der Waals surface area contributed by atoms with Gasteiger partial charge in [-0.25, -0.2) is 4.98 Å². The Kier molecular flexibility index (Phi) is 5.75. The van der Waals surface area contributed by atoms with E-state index in [9.17, 15) is 4.79 Å². The zero-order chi connectivity index (χ0) is 13.7. The average molecular weight is 269 g/mol. The normalized spacial score (nSPS) is 13.1. The van der Waals surface area contributed by atoms with Crippen molar-refractivity contribution in [2.75, 3.05) is 7.05 Å². The number of carbonyl (C=O) groups is 1. The van der Waals surface area contributed by atoms with Crippen molar-refractivity contribution in [1.82, 2.24) is 15.2 Å². The molecule has 1 atom stereocenters. The van der Waals surface area contributed by atoms with Gasteiger partial charge in [0.25, 0.3) is 0 Å². The molecule has 18 heavy (non-hydrogen) atoms. The summed E-state index contributed by atoms with van der Waals surface area (Å²) in [7, 11) is 1.97. The van der Waals surface area contributed by atoms with Crippen molar-refractivity contribution in [2.24, 2.45) is 0 Å². The number of nitrogens with zero attached hydrogens (tertiary/aromatic N) is 2. The Hall–Kier alpha value is -0.940. The van der Waals surface area contributed by atoms with Crippen LogP contribution in [0.1, 0.15) is 37.6 Å². The maximum atomic E-state index is 11.9. The highest BCUT2D eigenvalue weighted by molar-refractivity contribution is 7.11. The molecule has 0 saturated carbocycles. The second-order valence-electron chi connectivity index (χ2n) is 4.83. The first-order chi connectivity index (χ1) is 8.43. The van der Waals surface area contributed by atoms with E-state index in [4.69, 9.17) is 0 Å². The van der Waals surface area contributed by atoms with Gasteiger partial charge in [0.05, 0.1) is 11.0 Å². The van der Waals surface area contributed by atoms with E-state index in [1.54, 1.807) is 11.3 Å². The Balaban J connectivity index is 2.53. The predicted octanol–water partition coefficient (Wildman–Crippen LogP) is 2.05. The van der Waals surface area contributed by atoms with Crippen LogP contribution in [-0.4, -0.2) is 34.9 Å². The number of aromatic nitrogens is 1. The van der Waals surface area contributed by atoms with Crippen LogP contribution in [0.15, 0.2) is 6.20 Å². The second kappa shape index (κ2) is 6.85. The third-order valence-electron chi connectivity index (χ3n) is 2.78. The highest BCUT2D eigenvalue weighted by Gasteiger charge is 2.19. The molecule has 5 heteroatoms. The van der Waals surface area contributed by atoms with Crippen LogP contribution in [0.25, 0.3) is 0 Å². The molecule has 0 unspecified atom stereocenters. The molecule has 1 rings (SSSR count). The summed E-state index contributed by atoms with van der Waals surface area (Å²) in [6.45, 7) is 8.75. The minimum atomic E-state index is -0.125. The zero-order valence-corrected chi connectivity index (χ0v) is 12.7. The summed E-state index contributed by atoms with van der Waals surface area (Å²) in [6, 6.07) is 0.0584. The summed E-state index contributed by atoms with van der Waals surface area (Å²) >= 11 is 1.72. The lowest BCUT2D eigenvalue weighted by atomic mass is 10.2. The number of likely N-dealkylation sites (N-methyl/N-ethyl adjacent to an activating group) is 1. The van der Waals surface area contributed by atoms with Gasteiger partial charge in [0, 0.05) is 23.7 Å². The molecular weight excluding hydrogens is 246 g/mol. The summed E-state index contributed by atoms with van der Waals surface area (Å²) in [4.78, 5) is 19.5. The number of thiazole rings is 1. The van der Waals surface area contributed by atoms with E-state index in [1.165, 1.54) is 4.88 Å². The molecule has 1 aromatic rings. The molecule has 0 spiro atoms. The number of rotatable bonds is 6. The molecule has 1 N–H and O–H groups in total. The van der Waals surface area contributed by atoms with Gasteiger partial charge in [-0.1, -0.05) is 6.92 Å². The van der Waals surface area contributed by atoms with Crippen LogP contribution in [0.2, 0.25) is 0 Å². The number of hydrogen-bond acceptors (Lipinski definition) is 4. The maximum Gasteiger partial charge on any atom is 0.237 e. The number of aryl methyl sites for hydroxylation is 1. The van der Waals surface area contributed by atoms with E-state index in [-0.39, 0.29) is 18.0 Å². The van der Waals surface area contributed by atoms with E-state index >= 15 is 0 Å². The van der Waals surface area contributed by atoms with Crippen LogP contribution in [0.5, 0.6) is 0 Å². The third kappa shape index (κ3) is 4.38. The molecule has 0 aliphatic carbocycles. The van der Waals surface area contributed by atoms with Crippen LogP contribution < -0.4 is 5.32 Å². The first-order valence-electron chi connectivity index (χ1n) is 6.38. The van der Waals surface area contributed by atoms with Crippen molar-refractivity contribution in [3.63, 3.8) is 0 Å². The van der Waals surface area contributed by atoms with Crippen molar-refractivity contribution in [2.45, 2.75) is 52.7 Å². The fraction of sp³-hybridized carbons (Fsp3) is 0.692. The van der Waals surface area contributed by atoms with Gasteiger partial charge < -0.3 is 5.32 Å². The smallest absolute Gasteiger partial charge is 0.237 e. The first kappa shape index (κ1) is 15.1. The van der Waals surface area contributed by atoms with Crippen molar-refractivity contribution >= 4 is 17.2 Å². The molecule has 1 heterocycles. The molecule has 0 radical (unpaired) electrons. The number of nitrogens with one attached hydrogen (secondary N) is 1. The molecule has 4 nitrogen and oxygen atoms in total. The summed E-state index contributed by atoms with van der Waals surface area (Å²) in [6.07, 6.45) is 2.88. The van der Waals surface area contributed by atoms with E-state index in [1.807, 2.05) is 38.9 Å². The molecule has 1 aromatic heterocycles. The van der Waals surface area contributed by atoms with Crippen molar-refractivity contribution < 1.29 is 4.79 Å².